The molecule has 0 saturated heterocycles. The molecule has 0 atom stereocenters. The second-order valence-corrected chi connectivity index (χ2v) is 5.57. The summed E-state index contributed by atoms with van der Waals surface area (Å²) in [4.78, 5) is 41.9. The van der Waals surface area contributed by atoms with Gasteiger partial charge in [-0.05, 0) is 33.6 Å². The number of carboxylic acids is 1. The second-order valence-electron chi connectivity index (χ2n) is 5.57. The monoisotopic (exact) mass is 279 g/mol. The maximum Gasteiger partial charge on any atom is 0.328 e. The number of hydrogen-bond donors (Lipinski definition) is 3. The predicted molar refractivity (Wildman–Crippen MR) is 70.8 cm³/mol. The highest BCUT2D eigenvalue weighted by atomic mass is 16.4. The third kappa shape index (κ3) is 2.71. The Balaban J connectivity index is 2.31. The first-order valence-corrected chi connectivity index (χ1v) is 6.39. The van der Waals surface area contributed by atoms with Crippen molar-refractivity contribution in [3.05, 3.63) is 27.4 Å². The van der Waals surface area contributed by atoms with E-state index in [4.69, 9.17) is 5.11 Å². The molecule has 3 N–H and O–H groups in total. The molecule has 2 rings (SSSR count). The van der Waals surface area contributed by atoms with E-state index in [1.807, 2.05) is 0 Å². The molecule has 0 spiro atoms. The molecule has 1 amide bonds. The molecule has 1 aromatic rings. The van der Waals surface area contributed by atoms with Gasteiger partial charge in [-0.15, -0.1) is 0 Å². The molecule has 1 aliphatic rings. The van der Waals surface area contributed by atoms with E-state index in [1.54, 1.807) is 6.92 Å². The lowest BCUT2D eigenvalue weighted by Gasteiger charge is -2.21. The van der Waals surface area contributed by atoms with Crippen LogP contribution in [0.15, 0.2) is 4.79 Å². The Morgan fingerprint density at radius 3 is 2.45 bits per heavy atom. The van der Waals surface area contributed by atoms with Gasteiger partial charge in [-0.2, -0.15) is 0 Å². The van der Waals surface area contributed by atoms with E-state index in [1.165, 1.54) is 13.8 Å². The number of rotatable bonds is 4. The van der Waals surface area contributed by atoms with Gasteiger partial charge in [-0.1, -0.05) is 0 Å². The topological polar surface area (TPSA) is 112 Å². The molecular formula is C13H17N3O4. The highest BCUT2D eigenvalue weighted by molar-refractivity contribution is 5.98. The molecule has 0 unspecified atom stereocenters. The Kier molecular flexibility index (Phi) is 3.37. The van der Waals surface area contributed by atoms with Crippen molar-refractivity contribution in [2.45, 2.75) is 45.1 Å². The molecule has 0 bridgehead atoms. The number of aromatic nitrogens is 2. The summed E-state index contributed by atoms with van der Waals surface area (Å²) in [5.41, 5.74) is -1.80. The largest absolute Gasteiger partial charge is 0.480 e. The standard InChI is InChI=1S/C13H17N3O4/c1-6-8(11(18)16-13(2,3)12(19)20)10(17)15-9(14-6)7-4-5-7/h7H,4-5H2,1-3H3,(H,16,18)(H,19,20)(H,14,15,17). The Morgan fingerprint density at radius 1 is 1.40 bits per heavy atom. The number of nitrogens with one attached hydrogen (secondary N) is 2. The Labute approximate surface area is 115 Å². The van der Waals surface area contributed by atoms with Crippen LogP contribution in [0.2, 0.25) is 0 Å². The maximum absolute atomic E-state index is 12.1. The van der Waals surface area contributed by atoms with E-state index >= 15 is 0 Å². The molecule has 7 nitrogen and oxygen atoms in total. The van der Waals surface area contributed by atoms with Crippen molar-refractivity contribution >= 4 is 11.9 Å². The van der Waals surface area contributed by atoms with Crippen LogP contribution in [0, 0.1) is 6.92 Å². The molecule has 108 valence electrons. The fraction of sp³-hybridized carbons (Fsp3) is 0.538. The number of hydrogen-bond acceptors (Lipinski definition) is 4. The summed E-state index contributed by atoms with van der Waals surface area (Å²) < 4.78 is 0. The van der Waals surface area contributed by atoms with Crippen LogP contribution < -0.4 is 10.9 Å². The molecule has 1 heterocycles. The van der Waals surface area contributed by atoms with Crippen LogP contribution >= 0.6 is 0 Å². The number of amides is 1. The number of carbonyl (C=O) groups is 2. The van der Waals surface area contributed by atoms with Gasteiger partial charge in [0, 0.05) is 5.92 Å². The Morgan fingerprint density at radius 2 is 2.00 bits per heavy atom. The van der Waals surface area contributed by atoms with Crippen LogP contribution in [0.4, 0.5) is 0 Å². The van der Waals surface area contributed by atoms with Crippen molar-refractivity contribution in [1.82, 2.24) is 15.3 Å². The van der Waals surface area contributed by atoms with Gasteiger partial charge < -0.3 is 15.4 Å². The minimum atomic E-state index is -1.45. The second kappa shape index (κ2) is 4.73. The highest BCUT2D eigenvalue weighted by Gasteiger charge is 2.32. The van der Waals surface area contributed by atoms with Crippen LogP contribution in [-0.2, 0) is 4.79 Å². The number of carboxylic acid groups (broad SMARTS) is 1. The van der Waals surface area contributed by atoms with Crippen molar-refractivity contribution < 1.29 is 14.7 Å². The molecule has 0 radical (unpaired) electrons. The highest BCUT2D eigenvalue weighted by Crippen LogP contribution is 2.37. The summed E-state index contributed by atoms with van der Waals surface area (Å²) in [5.74, 6) is -1.04. The minimum absolute atomic E-state index is 0.135. The van der Waals surface area contributed by atoms with E-state index in [2.05, 4.69) is 15.3 Å². The normalized spacial score (nSPS) is 14.9. The Hall–Kier alpha value is -2.18. The number of aromatic amines is 1. The SMILES string of the molecule is Cc1nc(C2CC2)[nH]c(=O)c1C(=O)NC(C)(C)C(=O)O. The molecule has 0 aromatic carbocycles. The average molecular weight is 279 g/mol. The minimum Gasteiger partial charge on any atom is -0.480 e. The number of nitrogens with zero attached hydrogens (tertiary/aromatic N) is 1. The van der Waals surface area contributed by atoms with E-state index in [0.717, 1.165) is 12.8 Å². The first-order valence-electron chi connectivity index (χ1n) is 6.39. The van der Waals surface area contributed by atoms with Crippen LogP contribution in [0.5, 0.6) is 0 Å². The fourth-order valence-corrected chi connectivity index (χ4v) is 1.82. The van der Waals surface area contributed by atoms with Gasteiger partial charge in [0.25, 0.3) is 11.5 Å². The molecule has 7 heteroatoms. The molecule has 0 aliphatic heterocycles. The van der Waals surface area contributed by atoms with Gasteiger partial charge in [0.05, 0.1) is 5.69 Å². The van der Waals surface area contributed by atoms with Crippen LogP contribution in [0.1, 0.15) is 54.5 Å². The van der Waals surface area contributed by atoms with Crippen LogP contribution in [-0.4, -0.2) is 32.5 Å². The van der Waals surface area contributed by atoms with Crippen LogP contribution in [0.3, 0.4) is 0 Å². The molecule has 1 aliphatic carbocycles. The van der Waals surface area contributed by atoms with Gasteiger partial charge >= 0.3 is 5.97 Å². The molecule has 1 aromatic heterocycles. The van der Waals surface area contributed by atoms with Crippen molar-refractivity contribution in [2.75, 3.05) is 0 Å². The van der Waals surface area contributed by atoms with Gasteiger partial charge in [0.1, 0.15) is 16.9 Å². The summed E-state index contributed by atoms with van der Waals surface area (Å²) in [5, 5.41) is 11.3. The zero-order valence-corrected chi connectivity index (χ0v) is 11.6. The number of aryl methyl sites for hydroxylation is 1. The van der Waals surface area contributed by atoms with Gasteiger partial charge in [0.15, 0.2) is 0 Å². The van der Waals surface area contributed by atoms with E-state index in [9.17, 15) is 14.4 Å². The molecule has 1 fully saturated rings. The van der Waals surface area contributed by atoms with Crippen LogP contribution in [0.25, 0.3) is 0 Å². The average Bonchev–Trinajstić information content (AvgIpc) is 3.10. The third-order valence-corrected chi connectivity index (χ3v) is 3.27. The Bertz CT molecular complexity index is 629. The van der Waals surface area contributed by atoms with E-state index < -0.39 is 23.0 Å². The van der Waals surface area contributed by atoms with E-state index in [-0.39, 0.29) is 11.5 Å². The first kappa shape index (κ1) is 14.2. The maximum atomic E-state index is 12.1. The summed E-state index contributed by atoms with van der Waals surface area (Å²) in [6.45, 7) is 4.27. The zero-order chi connectivity index (χ0) is 15.1. The van der Waals surface area contributed by atoms with Crippen molar-refractivity contribution in [3.63, 3.8) is 0 Å². The van der Waals surface area contributed by atoms with Gasteiger partial charge in [-0.3, -0.25) is 9.59 Å². The lowest BCUT2D eigenvalue weighted by atomic mass is 10.1. The number of aliphatic carboxylic acids is 1. The van der Waals surface area contributed by atoms with Gasteiger partial charge in [0.2, 0.25) is 0 Å². The summed E-state index contributed by atoms with van der Waals surface area (Å²) >= 11 is 0. The van der Waals surface area contributed by atoms with Crippen molar-refractivity contribution in [1.29, 1.82) is 0 Å². The number of H-pyrrole nitrogens is 1. The third-order valence-electron chi connectivity index (χ3n) is 3.27. The van der Waals surface area contributed by atoms with Crippen molar-refractivity contribution in [2.24, 2.45) is 0 Å². The smallest absolute Gasteiger partial charge is 0.328 e. The van der Waals surface area contributed by atoms with E-state index in [0.29, 0.717) is 11.5 Å². The molecular weight excluding hydrogens is 262 g/mol. The molecule has 1 saturated carbocycles. The summed E-state index contributed by atoms with van der Waals surface area (Å²) in [7, 11) is 0. The number of carbonyl (C=O) groups excluding carboxylic acids is 1. The zero-order valence-electron chi connectivity index (χ0n) is 11.6. The van der Waals surface area contributed by atoms with Crippen molar-refractivity contribution in [3.8, 4) is 0 Å². The molecule has 20 heavy (non-hydrogen) atoms. The fourth-order valence-electron chi connectivity index (χ4n) is 1.82. The lowest BCUT2D eigenvalue weighted by Crippen LogP contribution is -2.51. The predicted octanol–water partition coefficient (Wildman–Crippen LogP) is 0.549. The quantitative estimate of drug-likeness (QED) is 0.745. The summed E-state index contributed by atoms with van der Waals surface area (Å²) in [6.07, 6.45) is 1.97. The first-order chi connectivity index (χ1) is 9.22. The van der Waals surface area contributed by atoms with Gasteiger partial charge in [-0.25, -0.2) is 9.78 Å². The summed E-state index contributed by atoms with van der Waals surface area (Å²) in [6, 6.07) is 0. The lowest BCUT2D eigenvalue weighted by molar-refractivity contribution is -0.143.